The standard InChI is InChI=1S/C21H23N3O5S/c25-20(22-14-16-7-3-1-4-8-16)15-24-18-10-9-17(13-19(18)29-21(24)26)30(27,28)23-11-5-2-6-12-23/h1,3-4,7-10,13H,2,5-6,11-12,14-15H2,(H,22,25). The molecule has 1 aliphatic heterocycles. The van der Waals surface area contributed by atoms with Crippen LogP contribution in [0, 0.1) is 0 Å². The molecule has 0 atom stereocenters. The molecule has 0 bridgehead atoms. The Kier molecular flexibility index (Phi) is 5.74. The van der Waals surface area contributed by atoms with E-state index >= 15 is 0 Å². The summed E-state index contributed by atoms with van der Waals surface area (Å²) in [6.45, 7) is 1.12. The minimum Gasteiger partial charge on any atom is -0.408 e. The Morgan fingerprint density at radius 2 is 1.77 bits per heavy atom. The molecule has 158 valence electrons. The van der Waals surface area contributed by atoms with Crippen molar-refractivity contribution in [1.82, 2.24) is 14.2 Å². The highest BCUT2D eigenvalue weighted by Crippen LogP contribution is 2.24. The monoisotopic (exact) mass is 429 g/mol. The van der Waals surface area contributed by atoms with Crippen molar-refractivity contribution in [3.05, 3.63) is 64.6 Å². The van der Waals surface area contributed by atoms with E-state index in [1.165, 1.54) is 27.1 Å². The highest BCUT2D eigenvalue weighted by Gasteiger charge is 2.27. The average molecular weight is 429 g/mol. The summed E-state index contributed by atoms with van der Waals surface area (Å²) in [6, 6.07) is 13.8. The second-order valence-corrected chi connectivity index (χ2v) is 9.25. The first kappa shape index (κ1) is 20.4. The van der Waals surface area contributed by atoms with E-state index in [0.29, 0.717) is 25.2 Å². The van der Waals surface area contributed by atoms with Gasteiger partial charge < -0.3 is 9.73 Å². The maximum absolute atomic E-state index is 12.9. The minimum absolute atomic E-state index is 0.0892. The zero-order valence-electron chi connectivity index (χ0n) is 16.4. The van der Waals surface area contributed by atoms with Gasteiger partial charge in [-0.25, -0.2) is 13.2 Å². The van der Waals surface area contributed by atoms with Gasteiger partial charge in [0.15, 0.2) is 5.58 Å². The molecule has 0 radical (unpaired) electrons. The number of rotatable bonds is 6. The highest BCUT2D eigenvalue weighted by atomic mass is 32.2. The van der Waals surface area contributed by atoms with Crippen molar-refractivity contribution >= 4 is 27.0 Å². The summed E-state index contributed by atoms with van der Waals surface area (Å²) in [5.74, 6) is -1.04. The molecular weight excluding hydrogens is 406 g/mol. The number of oxazole rings is 1. The van der Waals surface area contributed by atoms with Gasteiger partial charge in [0.1, 0.15) is 6.54 Å². The van der Waals surface area contributed by atoms with Gasteiger partial charge in [0, 0.05) is 25.7 Å². The summed E-state index contributed by atoms with van der Waals surface area (Å²) in [7, 11) is -3.64. The molecule has 4 rings (SSSR count). The fourth-order valence-electron chi connectivity index (χ4n) is 3.61. The minimum atomic E-state index is -3.64. The Hall–Kier alpha value is -2.91. The molecule has 2 heterocycles. The van der Waals surface area contributed by atoms with Gasteiger partial charge >= 0.3 is 5.76 Å². The molecule has 30 heavy (non-hydrogen) atoms. The molecule has 1 amide bonds. The Bertz CT molecular complexity index is 1210. The summed E-state index contributed by atoms with van der Waals surface area (Å²) in [4.78, 5) is 24.7. The van der Waals surface area contributed by atoms with Crippen LogP contribution in [0.5, 0.6) is 0 Å². The van der Waals surface area contributed by atoms with Crippen LogP contribution in [-0.4, -0.2) is 36.3 Å². The smallest absolute Gasteiger partial charge is 0.408 e. The second-order valence-electron chi connectivity index (χ2n) is 7.31. The first-order valence-electron chi connectivity index (χ1n) is 9.89. The maximum atomic E-state index is 12.9. The third-order valence-electron chi connectivity index (χ3n) is 5.23. The van der Waals surface area contributed by atoms with Crippen molar-refractivity contribution < 1.29 is 17.6 Å². The largest absolute Gasteiger partial charge is 0.420 e. The first-order valence-corrected chi connectivity index (χ1v) is 11.3. The summed E-state index contributed by atoms with van der Waals surface area (Å²) in [5.41, 5.74) is 1.48. The molecule has 0 spiro atoms. The van der Waals surface area contributed by atoms with Crippen molar-refractivity contribution in [2.24, 2.45) is 0 Å². The molecule has 0 aliphatic carbocycles. The van der Waals surface area contributed by atoms with E-state index in [0.717, 1.165) is 24.8 Å². The van der Waals surface area contributed by atoms with Crippen molar-refractivity contribution in [2.75, 3.05) is 13.1 Å². The van der Waals surface area contributed by atoms with Crippen LogP contribution in [0.1, 0.15) is 24.8 Å². The summed E-state index contributed by atoms with van der Waals surface area (Å²) in [5, 5.41) is 2.76. The molecule has 1 saturated heterocycles. The molecule has 0 saturated carbocycles. The number of carbonyl (C=O) groups is 1. The molecule has 1 N–H and O–H groups in total. The molecule has 0 unspecified atom stereocenters. The van der Waals surface area contributed by atoms with Gasteiger partial charge in [-0.2, -0.15) is 4.31 Å². The molecular formula is C21H23N3O5S. The van der Waals surface area contributed by atoms with Crippen molar-refractivity contribution in [1.29, 1.82) is 0 Å². The number of aromatic nitrogens is 1. The van der Waals surface area contributed by atoms with E-state index in [1.54, 1.807) is 0 Å². The molecule has 9 heteroatoms. The zero-order valence-corrected chi connectivity index (χ0v) is 17.2. The van der Waals surface area contributed by atoms with Crippen molar-refractivity contribution in [3.63, 3.8) is 0 Å². The van der Waals surface area contributed by atoms with E-state index in [2.05, 4.69) is 5.32 Å². The summed E-state index contributed by atoms with van der Waals surface area (Å²) >= 11 is 0. The molecule has 1 fully saturated rings. The van der Waals surface area contributed by atoms with Crippen LogP contribution < -0.4 is 11.1 Å². The van der Waals surface area contributed by atoms with Crippen LogP contribution in [0.4, 0.5) is 0 Å². The third kappa shape index (κ3) is 4.17. The van der Waals surface area contributed by atoms with Crippen LogP contribution in [-0.2, 0) is 27.9 Å². The lowest BCUT2D eigenvalue weighted by Crippen LogP contribution is -2.35. The third-order valence-corrected chi connectivity index (χ3v) is 7.12. The van der Waals surface area contributed by atoms with Gasteiger partial charge in [-0.15, -0.1) is 0 Å². The molecule has 1 aliphatic rings. The first-order chi connectivity index (χ1) is 14.4. The average Bonchev–Trinajstić information content (AvgIpc) is 3.08. The van der Waals surface area contributed by atoms with Crippen LogP contribution in [0.3, 0.4) is 0 Å². The van der Waals surface area contributed by atoms with Crippen LogP contribution in [0.2, 0.25) is 0 Å². The number of benzene rings is 2. The molecule has 1 aromatic heterocycles. The number of fused-ring (bicyclic) bond motifs is 1. The number of piperidine rings is 1. The van der Waals surface area contributed by atoms with Crippen LogP contribution in [0.25, 0.3) is 11.1 Å². The van der Waals surface area contributed by atoms with Gasteiger partial charge in [-0.1, -0.05) is 36.8 Å². The Morgan fingerprint density at radius 3 is 2.50 bits per heavy atom. The SMILES string of the molecule is O=C(Cn1c(=O)oc2cc(S(=O)(=O)N3CCCCC3)ccc21)NCc1ccccc1. The van der Waals surface area contributed by atoms with E-state index in [1.807, 2.05) is 30.3 Å². The van der Waals surface area contributed by atoms with E-state index in [9.17, 15) is 18.0 Å². The number of carbonyl (C=O) groups excluding carboxylic acids is 1. The van der Waals surface area contributed by atoms with Crippen LogP contribution in [0.15, 0.2) is 62.6 Å². The molecule has 3 aromatic rings. The number of amides is 1. The van der Waals surface area contributed by atoms with Gasteiger partial charge in [0.25, 0.3) is 0 Å². The lowest BCUT2D eigenvalue weighted by molar-refractivity contribution is -0.121. The van der Waals surface area contributed by atoms with Crippen molar-refractivity contribution in [3.8, 4) is 0 Å². The lowest BCUT2D eigenvalue weighted by Gasteiger charge is -2.25. The zero-order chi connectivity index (χ0) is 21.1. The van der Waals surface area contributed by atoms with Crippen molar-refractivity contribution in [2.45, 2.75) is 37.2 Å². The summed E-state index contributed by atoms with van der Waals surface area (Å²) < 4.78 is 33.6. The fourth-order valence-corrected chi connectivity index (χ4v) is 5.14. The number of sulfonamides is 1. The Labute approximate surface area is 174 Å². The van der Waals surface area contributed by atoms with Gasteiger partial charge in [-0.05, 0) is 30.5 Å². The highest BCUT2D eigenvalue weighted by molar-refractivity contribution is 7.89. The van der Waals surface area contributed by atoms with E-state index in [-0.39, 0.29) is 22.9 Å². The fraction of sp³-hybridized carbons (Fsp3) is 0.333. The topological polar surface area (TPSA) is 102 Å². The van der Waals surface area contributed by atoms with Gasteiger partial charge in [0.05, 0.1) is 10.4 Å². The lowest BCUT2D eigenvalue weighted by atomic mass is 10.2. The quantitative estimate of drug-likeness (QED) is 0.647. The van der Waals surface area contributed by atoms with E-state index in [4.69, 9.17) is 4.42 Å². The normalized spacial score (nSPS) is 15.3. The Balaban J connectivity index is 1.53. The second kappa shape index (κ2) is 8.45. The number of nitrogens with zero attached hydrogens (tertiary/aromatic N) is 2. The maximum Gasteiger partial charge on any atom is 0.420 e. The predicted octanol–water partition coefficient (Wildman–Crippen LogP) is 2.09. The number of nitrogens with one attached hydrogen (secondary N) is 1. The van der Waals surface area contributed by atoms with Gasteiger partial charge in [-0.3, -0.25) is 9.36 Å². The summed E-state index contributed by atoms with van der Waals surface area (Å²) in [6.07, 6.45) is 2.70. The van der Waals surface area contributed by atoms with Crippen LogP contribution >= 0.6 is 0 Å². The molecule has 8 nitrogen and oxygen atoms in total. The predicted molar refractivity (Wildman–Crippen MR) is 111 cm³/mol. The van der Waals surface area contributed by atoms with E-state index < -0.39 is 15.8 Å². The van der Waals surface area contributed by atoms with Gasteiger partial charge in [0.2, 0.25) is 15.9 Å². The number of hydrogen-bond donors (Lipinski definition) is 1. The molecule has 2 aromatic carbocycles. The Morgan fingerprint density at radius 1 is 1.03 bits per heavy atom. The number of hydrogen-bond acceptors (Lipinski definition) is 5.